The van der Waals surface area contributed by atoms with Gasteiger partial charge in [-0.1, -0.05) is 45.2 Å². The number of nitrogens with zero attached hydrogens (tertiary/aromatic N) is 1. The molecule has 0 aliphatic heterocycles. The molecule has 0 rings (SSSR count). The van der Waals surface area contributed by atoms with Crippen LogP contribution < -0.4 is 0 Å². The Hall–Kier alpha value is 0.320. The predicted molar refractivity (Wildman–Crippen MR) is 91.5 cm³/mol. The van der Waals surface area contributed by atoms with E-state index < -0.39 is 6.84 Å². The third-order valence-electron chi connectivity index (χ3n) is 2.14. The van der Waals surface area contributed by atoms with E-state index in [9.17, 15) is 14.8 Å². The fourth-order valence-electron chi connectivity index (χ4n) is 0.942. The van der Waals surface area contributed by atoms with Gasteiger partial charge in [-0.3, -0.25) is 9.59 Å². The summed E-state index contributed by atoms with van der Waals surface area (Å²) in [6.07, 6.45) is 0. The van der Waals surface area contributed by atoms with Crippen LogP contribution in [0.3, 0.4) is 0 Å². The number of carbonyl (C=O) groups is 2. The molecule has 0 heterocycles. The highest BCUT2D eigenvalue weighted by atomic mass is 127. The minimum atomic E-state index is -0.584. The van der Waals surface area contributed by atoms with Gasteiger partial charge in [0.15, 0.2) is 0 Å². The lowest BCUT2D eigenvalue weighted by Gasteiger charge is -2.19. The second-order valence-corrected chi connectivity index (χ2v) is 10.6. The van der Waals surface area contributed by atoms with Crippen molar-refractivity contribution in [1.82, 2.24) is 5.06 Å². The van der Waals surface area contributed by atoms with Crippen molar-refractivity contribution in [2.75, 3.05) is 26.3 Å². The first-order valence-corrected chi connectivity index (χ1v) is 8.26. The minimum Gasteiger partial charge on any atom is -0.463 e. The molecule has 0 saturated heterocycles. The number of hydrogen-bond acceptors (Lipinski definition) is 6. The normalized spacial score (nSPS) is 12.4. The number of hydrogen-bond donors (Lipinski definition) is 1. The van der Waals surface area contributed by atoms with Gasteiger partial charge in [0.1, 0.15) is 20.1 Å². The van der Waals surface area contributed by atoms with Crippen molar-refractivity contribution in [2.24, 2.45) is 0 Å². The van der Waals surface area contributed by atoms with Gasteiger partial charge in [-0.25, -0.2) is 0 Å². The molecule has 6 nitrogen and oxygen atoms in total. The molecule has 0 spiro atoms. The molecule has 0 aliphatic carbocycles. The highest BCUT2D eigenvalue weighted by molar-refractivity contribution is 14.1. The van der Waals surface area contributed by atoms with Crippen molar-refractivity contribution in [3.63, 3.8) is 0 Å². The Morgan fingerprint density at radius 1 is 0.950 bits per heavy atom. The molecule has 0 unspecified atom stereocenters. The Labute approximate surface area is 146 Å². The summed E-state index contributed by atoms with van der Waals surface area (Å²) in [5.41, 5.74) is 0. The van der Waals surface area contributed by atoms with Gasteiger partial charge in [0, 0.05) is 0 Å². The fraction of sp³-hybridized carbons (Fsp3) is 0.833. The number of carbonyl (C=O) groups excluding carboxylic acids is 2. The SMILES string of the molecule is CC(C)(I)C(=O)OCCN(O)CCOC(=O)C(C)(C)I. The van der Waals surface area contributed by atoms with Crippen molar-refractivity contribution < 1.29 is 24.3 Å². The van der Waals surface area contributed by atoms with Crippen LogP contribution in [0, 0.1) is 0 Å². The van der Waals surface area contributed by atoms with E-state index in [1.807, 2.05) is 45.2 Å². The van der Waals surface area contributed by atoms with E-state index in [0.717, 1.165) is 5.06 Å². The molecular formula is C12H21I2NO5. The van der Waals surface area contributed by atoms with Gasteiger partial charge in [-0.2, -0.15) is 5.06 Å². The van der Waals surface area contributed by atoms with E-state index in [0.29, 0.717) is 0 Å². The average Bonchev–Trinajstić information content (AvgIpc) is 2.26. The largest absolute Gasteiger partial charge is 0.463 e. The number of rotatable bonds is 8. The highest BCUT2D eigenvalue weighted by Gasteiger charge is 2.26. The van der Waals surface area contributed by atoms with Crippen LogP contribution in [0.25, 0.3) is 0 Å². The number of hydroxylamine groups is 2. The van der Waals surface area contributed by atoms with Crippen LogP contribution in [-0.4, -0.2) is 55.4 Å². The van der Waals surface area contributed by atoms with Crippen molar-refractivity contribution in [3.05, 3.63) is 0 Å². The fourth-order valence-corrected chi connectivity index (χ4v) is 1.25. The zero-order valence-corrected chi connectivity index (χ0v) is 16.4. The smallest absolute Gasteiger partial charge is 0.321 e. The monoisotopic (exact) mass is 513 g/mol. The maximum absolute atomic E-state index is 11.5. The zero-order valence-electron chi connectivity index (χ0n) is 12.1. The van der Waals surface area contributed by atoms with Gasteiger partial charge in [0.25, 0.3) is 0 Å². The summed E-state index contributed by atoms with van der Waals surface area (Å²) in [6, 6.07) is 0. The summed E-state index contributed by atoms with van der Waals surface area (Å²) in [4.78, 5) is 22.9. The summed E-state index contributed by atoms with van der Waals surface area (Å²) >= 11 is 3.98. The molecule has 0 aromatic heterocycles. The van der Waals surface area contributed by atoms with Crippen LogP contribution in [0.1, 0.15) is 27.7 Å². The molecule has 0 radical (unpaired) electrons. The Balaban J connectivity index is 3.78. The highest BCUT2D eigenvalue weighted by Crippen LogP contribution is 2.18. The molecule has 0 atom stereocenters. The molecule has 0 amide bonds. The molecule has 20 heavy (non-hydrogen) atoms. The summed E-state index contributed by atoms with van der Waals surface area (Å²) < 4.78 is 8.84. The van der Waals surface area contributed by atoms with Gasteiger partial charge in [-0.05, 0) is 27.7 Å². The maximum atomic E-state index is 11.5. The molecule has 0 aromatic rings. The lowest BCUT2D eigenvalue weighted by Crippen LogP contribution is -2.34. The van der Waals surface area contributed by atoms with Gasteiger partial charge in [-0.15, -0.1) is 0 Å². The third kappa shape index (κ3) is 9.29. The molecule has 0 aromatic carbocycles. The van der Waals surface area contributed by atoms with Crippen LogP contribution in [-0.2, 0) is 19.1 Å². The van der Waals surface area contributed by atoms with E-state index in [1.54, 1.807) is 27.7 Å². The van der Waals surface area contributed by atoms with Gasteiger partial charge < -0.3 is 14.7 Å². The van der Waals surface area contributed by atoms with Crippen molar-refractivity contribution >= 4 is 57.1 Å². The minimum absolute atomic E-state index is 0.0908. The first-order chi connectivity index (χ1) is 8.94. The number of ether oxygens (including phenoxy) is 2. The number of alkyl halides is 2. The quantitative estimate of drug-likeness (QED) is 0.232. The Bertz CT molecular complexity index is 304. The summed E-state index contributed by atoms with van der Waals surface area (Å²) in [6.45, 7) is 7.51. The second-order valence-electron chi connectivity index (χ2n) is 5.17. The predicted octanol–water partition coefficient (Wildman–Crippen LogP) is 2.19. The van der Waals surface area contributed by atoms with E-state index in [4.69, 9.17) is 9.47 Å². The van der Waals surface area contributed by atoms with Crippen molar-refractivity contribution in [3.8, 4) is 0 Å². The topological polar surface area (TPSA) is 76.1 Å². The summed E-state index contributed by atoms with van der Waals surface area (Å²) in [5.74, 6) is -0.658. The van der Waals surface area contributed by atoms with Gasteiger partial charge in [0.05, 0.1) is 13.1 Å². The van der Waals surface area contributed by atoms with E-state index in [-0.39, 0.29) is 38.2 Å². The third-order valence-corrected chi connectivity index (χ3v) is 3.02. The Morgan fingerprint density at radius 2 is 1.25 bits per heavy atom. The van der Waals surface area contributed by atoms with Crippen LogP contribution >= 0.6 is 45.2 Å². The first kappa shape index (κ1) is 20.3. The van der Waals surface area contributed by atoms with Crippen molar-refractivity contribution in [2.45, 2.75) is 34.5 Å². The lowest BCUT2D eigenvalue weighted by molar-refractivity contribution is -0.155. The van der Waals surface area contributed by atoms with Gasteiger partial charge >= 0.3 is 11.9 Å². The second kappa shape index (κ2) is 8.69. The summed E-state index contributed by atoms with van der Waals surface area (Å²) in [5, 5.41) is 10.5. The molecule has 0 aliphatic rings. The van der Waals surface area contributed by atoms with E-state index >= 15 is 0 Å². The average molecular weight is 513 g/mol. The zero-order chi connectivity index (χ0) is 16.0. The summed E-state index contributed by atoms with van der Waals surface area (Å²) in [7, 11) is 0. The molecule has 8 heteroatoms. The first-order valence-electron chi connectivity index (χ1n) is 6.10. The van der Waals surface area contributed by atoms with Crippen molar-refractivity contribution in [1.29, 1.82) is 0 Å². The molecule has 0 saturated carbocycles. The molecular weight excluding hydrogens is 492 g/mol. The van der Waals surface area contributed by atoms with E-state index in [2.05, 4.69) is 0 Å². The van der Waals surface area contributed by atoms with Crippen LogP contribution in [0.5, 0.6) is 0 Å². The Morgan fingerprint density at radius 3 is 1.50 bits per heavy atom. The van der Waals surface area contributed by atoms with Crippen LogP contribution in [0.15, 0.2) is 0 Å². The maximum Gasteiger partial charge on any atom is 0.321 e. The standard InChI is InChI=1S/C12H21I2NO5/c1-11(2,13)9(16)19-7-5-15(18)6-8-20-10(17)12(3,4)14/h18H,5-8H2,1-4H3. The lowest BCUT2D eigenvalue weighted by atomic mass is 10.2. The number of esters is 2. The van der Waals surface area contributed by atoms with Crippen LogP contribution in [0.4, 0.5) is 0 Å². The van der Waals surface area contributed by atoms with Gasteiger partial charge in [0.2, 0.25) is 0 Å². The molecule has 0 fully saturated rings. The Kier molecular flexibility index (Phi) is 8.83. The number of halogens is 2. The molecule has 0 bridgehead atoms. The molecule has 1 N–H and O–H groups in total. The van der Waals surface area contributed by atoms with Crippen LogP contribution in [0.2, 0.25) is 0 Å². The molecule has 118 valence electrons. The van der Waals surface area contributed by atoms with E-state index in [1.165, 1.54) is 0 Å².